The molecule has 1 fully saturated rings. The first kappa shape index (κ1) is 16.1. The molecule has 0 saturated carbocycles. The lowest BCUT2D eigenvalue weighted by molar-refractivity contribution is 0.138. The standard InChI is InChI=1S/C18H22ClNOS/c1-20-11-15(18(21)16-8-9-17(19)22-16)14-7-6-12-4-2-3-5-13(12)10-14/h2-7,10,15-18,20-21H,8-9,11H2,1H3/t15-,16?,17?,18+/m1/s1. The highest BCUT2D eigenvalue weighted by Crippen LogP contribution is 2.41. The highest BCUT2D eigenvalue weighted by Gasteiger charge is 2.34. The Hall–Kier alpha value is -0.740. The normalized spacial score (nSPS) is 24.5. The van der Waals surface area contributed by atoms with Crippen molar-refractivity contribution in [3.8, 4) is 0 Å². The van der Waals surface area contributed by atoms with Crippen LogP contribution in [-0.4, -0.2) is 34.8 Å². The van der Waals surface area contributed by atoms with Crippen LogP contribution in [-0.2, 0) is 0 Å². The molecule has 2 N–H and O–H groups in total. The molecule has 1 heterocycles. The molecule has 2 aromatic carbocycles. The van der Waals surface area contributed by atoms with Crippen LogP contribution in [0.2, 0.25) is 0 Å². The van der Waals surface area contributed by atoms with Crippen molar-refractivity contribution in [2.75, 3.05) is 13.6 Å². The zero-order valence-corrected chi connectivity index (χ0v) is 14.3. The summed E-state index contributed by atoms with van der Waals surface area (Å²) >= 11 is 7.91. The van der Waals surface area contributed by atoms with Crippen LogP contribution in [0.1, 0.15) is 24.3 Å². The third-order valence-corrected chi connectivity index (χ3v) is 6.34. The Kier molecular flexibility index (Phi) is 5.29. The van der Waals surface area contributed by atoms with Crippen molar-refractivity contribution in [3.05, 3.63) is 48.0 Å². The minimum atomic E-state index is -0.373. The minimum absolute atomic E-state index is 0.0917. The van der Waals surface area contributed by atoms with Crippen molar-refractivity contribution >= 4 is 34.1 Å². The van der Waals surface area contributed by atoms with Gasteiger partial charge in [0.2, 0.25) is 0 Å². The van der Waals surface area contributed by atoms with Crippen LogP contribution >= 0.6 is 23.4 Å². The number of benzene rings is 2. The van der Waals surface area contributed by atoms with Crippen LogP contribution < -0.4 is 5.32 Å². The van der Waals surface area contributed by atoms with E-state index in [1.165, 1.54) is 16.3 Å². The Morgan fingerprint density at radius 2 is 2.00 bits per heavy atom. The van der Waals surface area contributed by atoms with E-state index in [4.69, 9.17) is 11.6 Å². The molecule has 0 radical (unpaired) electrons. The molecule has 2 aromatic rings. The molecule has 0 aliphatic carbocycles. The molecular formula is C18H22ClNOS. The third-order valence-electron chi connectivity index (χ3n) is 4.42. The summed E-state index contributed by atoms with van der Waals surface area (Å²) in [5.41, 5.74) is 1.19. The number of likely N-dealkylation sites (N-methyl/N-ethyl adjacent to an activating group) is 1. The summed E-state index contributed by atoms with van der Waals surface area (Å²) in [5.74, 6) is 0.0917. The molecule has 0 spiro atoms. The van der Waals surface area contributed by atoms with E-state index in [-0.39, 0.29) is 22.0 Å². The second-order valence-corrected chi connectivity index (χ2v) is 8.16. The van der Waals surface area contributed by atoms with Crippen LogP contribution in [0.5, 0.6) is 0 Å². The fourth-order valence-corrected chi connectivity index (χ4v) is 5.02. The molecule has 118 valence electrons. The van der Waals surface area contributed by atoms with Gasteiger partial charge in [0.15, 0.2) is 0 Å². The number of halogens is 1. The summed E-state index contributed by atoms with van der Waals surface area (Å²) in [6, 6.07) is 14.8. The molecule has 4 atom stereocenters. The van der Waals surface area contributed by atoms with E-state index in [1.54, 1.807) is 11.8 Å². The Bertz CT molecular complexity index is 635. The van der Waals surface area contributed by atoms with Crippen LogP contribution in [0.3, 0.4) is 0 Å². The van der Waals surface area contributed by atoms with Crippen molar-refractivity contribution in [1.29, 1.82) is 0 Å². The Morgan fingerprint density at radius 1 is 1.23 bits per heavy atom. The molecular weight excluding hydrogens is 314 g/mol. The smallest absolute Gasteiger partial charge is 0.0793 e. The number of rotatable bonds is 5. The van der Waals surface area contributed by atoms with Crippen LogP contribution in [0.25, 0.3) is 10.8 Å². The van der Waals surface area contributed by atoms with Crippen LogP contribution in [0.15, 0.2) is 42.5 Å². The molecule has 1 aliphatic heterocycles. The first-order valence-corrected chi connectivity index (χ1v) is 9.18. The number of hydrogen-bond acceptors (Lipinski definition) is 3. The average molecular weight is 336 g/mol. The average Bonchev–Trinajstić information content (AvgIpc) is 2.98. The number of nitrogens with one attached hydrogen (secondary N) is 1. The molecule has 22 heavy (non-hydrogen) atoms. The zero-order valence-electron chi connectivity index (χ0n) is 12.7. The number of hydrogen-bond donors (Lipinski definition) is 2. The van der Waals surface area contributed by atoms with Gasteiger partial charge in [-0.2, -0.15) is 0 Å². The number of aliphatic hydroxyl groups is 1. The molecule has 2 nitrogen and oxygen atoms in total. The van der Waals surface area contributed by atoms with Crippen molar-refractivity contribution in [2.45, 2.75) is 34.8 Å². The van der Waals surface area contributed by atoms with Gasteiger partial charge in [-0.3, -0.25) is 0 Å². The maximum Gasteiger partial charge on any atom is 0.0793 e. The number of alkyl halides is 1. The predicted octanol–water partition coefficient (Wildman–Crippen LogP) is 3.96. The summed E-state index contributed by atoms with van der Waals surface area (Å²) in [6.07, 6.45) is 1.61. The van der Waals surface area contributed by atoms with E-state index in [0.717, 1.165) is 19.4 Å². The summed E-state index contributed by atoms with van der Waals surface area (Å²) in [5, 5.41) is 16.8. The number of fused-ring (bicyclic) bond motifs is 1. The second kappa shape index (κ2) is 7.22. The quantitative estimate of drug-likeness (QED) is 0.811. The van der Waals surface area contributed by atoms with E-state index in [0.29, 0.717) is 0 Å². The number of thioether (sulfide) groups is 1. The van der Waals surface area contributed by atoms with E-state index < -0.39 is 0 Å². The molecule has 2 unspecified atom stereocenters. The molecule has 1 saturated heterocycles. The van der Waals surface area contributed by atoms with E-state index >= 15 is 0 Å². The van der Waals surface area contributed by atoms with Gasteiger partial charge in [-0.1, -0.05) is 42.5 Å². The van der Waals surface area contributed by atoms with E-state index in [9.17, 15) is 5.11 Å². The van der Waals surface area contributed by atoms with Gasteiger partial charge in [0.1, 0.15) is 0 Å². The molecule has 0 bridgehead atoms. The fraction of sp³-hybridized carbons (Fsp3) is 0.444. The predicted molar refractivity (Wildman–Crippen MR) is 96.9 cm³/mol. The Balaban J connectivity index is 1.88. The van der Waals surface area contributed by atoms with Crippen LogP contribution in [0, 0.1) is 0 Å². The lowest BCUT2D eigenvalue weighted by Gasteiger charge is -2.27. The van der Waals surface area contributed by atoms with E-state index in [1.807, 2.05) is 7.05 Å². The van der Waals surface area contributed by atoms with Gasteiger partial charge in [0.25, 0.3) is 0 Å². The van der Waals surface area contributed by atoms with Gasteiger partial charge >= 0.3 is 0 Å². The third kappa shape index (κ3) is 3.43. The van der Waals surface area contributed by atoms with Crippen LogP contribution in [0.4, 0.5) is 0 Å². The molecule has 0 amide bonds. The summed E-state index contributed by atoms with van der Waals surface area (Å²) < 4.78 is 0.145. The Labute approximate surface area is 141 Å². The van der Waals surface area contributed by atoms with Crippen molar-refractivity contribution in [3.63, 3.8) is 0 Å². The van der Waals surface area contributed by atoms with E-state index in [2.05, 4.69) is 47.8 Å². The summed E-state index contributed by atoms with van der Waals surface area (Å²) in [4.78, 5) is 0. The lowest BCUT2D eigenvalue weighted by Crippen LogP contribution is -2.34. The first-order chi connectivity index (χ1) is 10.7. The largest absolute Gasteiger partial charge is 0.391 e. The Morgan fingerprint density at radius 3 is 2.68 bits per heavy atom. The highest BCUT2D eigenvalue weighted by atomic mass is 35.5. The molecule has 4 heteroatoms. The van der Waals surface area contributed by atoms with Gasteiger partial charge in [-0.05, 0) is 36.2 Å². The SMILES string of the molecule is CNC[C@H](c1ccc2ccccc2c1)[C@H](O)C1CCC(Cl)S1. The maximum absolute atomic E-state index is 10.9. The topological polar surface area (TPSA) is 32.3 Å². The molecule has 0 aromatic heterocycles. The zero-order chi connectivity index (χ0) is 15.5. The number of aliphatic hydroxyl groups excluding tert-OH is 1. The fourth-order valence-electron chi connectivity index (χ4n) is 3.23. The van der Waals surface area contributed by atoms with Gasteiger partial charge in [-0.25, -0.2) is 0 Å². The first-order valence-electron chi connectivity index (χ1n) is 7.80. The van der Waals surface area contributed by atoms with Gasteiger partial charge < -0.3 is 10.4 Å². The molecule has 1 aliphatic rings. The summed E-state index contributed by atoms with van der Waals surface area (Å²) in [7, 11) is 1.94. The second-order valence-electron chi connectivity index (χ2n) is 5.92. The monoisotopic (exact) mass is 335 g/mol. The van der Waals surface area contributed by atoms with Crippen molar-refractivity contribution in [2.24, 2.45) is 0 Å². The lowest BCUT2D eigenvalue weighted by atomic mass is 9.89. The van der Waals surface area contributed by atoms with Gasteiger partial charge in [0, 0.05) is 17.7 Å². The summed E-state index contributed by atoms with van der Waals surface area (Å²) in [6.45, 7) is 0.767. The highest BCUT2D eigenvalue weighted by molar-refractivity contribution is 8.01. The maximum atomic E-state index is 10.9. The molecule has 3 rings (SSSR count). The minimum Gasteiger partial charge on any atom is -0.391 e. The van der Waals surface area contributed by atoms with Crippen molar-refractivity contribution in [1.82, 2.24) is 5.32 Å². The van der Waals surface area contributed by atoms with Gasteiger partial charge in [0.05, 0.1) is 10.8 Å². The van der Waals surface area contributed by atoms with Crippen molar-refractivity contribution < 1.29 is 5.11 Å². The van der Waals surface area contributed by atoms with Gasteiger partial charge in [-0.15, -0.1) is 23.4 Å².